The fourth-order valence-corrected chi connectivity index (χ4v) is 3.16. The summed E-state index contributed by atoms with van der Waals surface area (Å²) in [6.07, 6.45) is 1.71. The predicted molar refractivity (Wildman–Crippen MR) is 109 cm³/mol. The molecule has 146 valence electrons. The van der Waals surface area contributed by atoms with Gasteiger partial charge in [-0.15, -0.1) is 0 Å². The molecular weight excluding hydrogens is 356 g/mol. The van der Waals surface area contributed by atoms with Gasteiger partial charge in [0.2, 0.25) is 5.91 Å². The molecule has 0 aromatic heterocycles. The van der Waals surface area contributed by atoms with Crippen molar-refractivity contribution in [2.45, 2.75) is 6.42 Å². The van der Waals surface area contributed by atoms with Crippen molar-refractivity contribution in [1.29, 1.82) is 0 Å². The first-order chi connectivity index (χ1) is 13.6. The third kappa shape index (κ3) is 5.40. The Kier molecular flexibility index (Phi) is 6.75. The Morgan fingerprint density at radius 3 is 2.39 bits per heavy atom. The number of carboxylic acids is 1. The number of carbonyl (C=O) groups is 2. The zero-order valence-electron chi connectivity index (χ0n) is 15.6. The number of aromatic carboxylic acids is 1. The van der Waals surface area contributed by atoms with Gasteiger partial charge < -0.3 is 10.0 Å². The average molecular weight is 380 g/mol. The Labute approximate surface area is 164 Å². The molecule has 1 fully saturated rings. The average Bonchev–Trinajstić information content (AvgIpc) is 2.73. The van der Waals surface area contributed by atoms with Crippen LogP contribution in [0.1, 0.15) is 22.3 Å². The van der Waals surface area contributed by atoms with Crippen molar-refractivity contribution in [3.8, 4) is 0 Å². The van der Waals surface area contributed by atoms with Crippen LogP contribution >= 0.6 is 0 Å². The van der Waals surface area contributed by atoms with E-state index in [0.29, 0.717) is 18.5 Å². The number of para-hydroxylation sites is 1. The van der Waals surface area contributed by atoms with Crippen LogP contribution in [-0.2, 0) is 4.79 Å². The molecule has 1 saturated heterocycles. The van der Waals surface area contributed by atoms with Crippen LogP contribution in [0.15, 0.2) is 59.7 Å². The van der Waals surface area contributed by atoms with Gasteiger partial charge in [-0.2, -0.15) is 5.10 Å². The van der Waals surface area contributed by atoms with Crippen LogP contribution < -0.4 is 10.3 Å². The van der Waals surface area contributed by atoms with Crippen molar-refractivity contribution >= 4 is 23.8 Å². The molecule has 7 nitrogen and oxygen atoms in total. The van der Waals surface area contributed by atoms with Crippen LogP contribution in [0.25, 0.3) is 0 Å². The smallest absolute Gasteiger partial charge is 0.336 e. The van der Waals surface area contributed by atoms with E-state index in [2.05, 4.69) is 32.5 Å². The van der Waals surface area contributed by atoms with E-state index < -0.39 is 5.97 Å². The number of piperazine rings is 1. The molecule has 0 radical (unpaired) electrons. The number of anilines is 1. The minimum atomic E-state index is -1.02. The van der Waals surface area contributed by atoms with Crippen LogP contribution in [0.4, 0.5) is 5.69 Å². The van der Waals surface area contributed by atoms with Crippen molar-refractivity contribution in [2.75, 3.05) is 37.6 Å². The zero-order valence-corrected chi connectivity index (χ0v) is 15.6. The molecule has 0 bridgehead atoms. The first-order valence-corrected chi connectivity index (χ1v) is 9.30. The van der Waals surface area contributed by atoms with Gasteiger partial charge in [0.05, 0.1) is 11.8 Å². The summed E-state index contributed by atoms with van der Waals surface area (Å²) in [5, 5.41) is 13.0. The second-order valence-electron chi connectivity index (χ2n) is 6.60. The number of hydrogen-bond acceptors (Lipinski definition) is 5. The first kappa shape index (κ1) is 19.6. The van der Waals surface area contributed by atoms with Crippen LogP contribution in [0, 0.1) is 0 Å². The Balaban J connectivity index is 1.40. The molecule has 0 unspecified atom stereocenters. The van der Waals surface area contributed by atoms with Gasteiger partial charge in [0.15, 0.2) is 0 Å². The summed E-state index contributed by atoms with van der Waals surface area (Å²) in [5.41, 5.74) is 4.31. The van der Waals surface area contributed by atoms with E-state index >= 15 is 0 Å². The van der Waals surface area contributed by atoms with Gasteiger partial charge in [-0.05, 0) is 18.2 Å². The Morgan fingerprint density at radius 2 is 1.68 bits per heavy atom. The molecule has 2 aromatic rings. The molecule has 1 amide bonds. The molecule has 0 aliphatic carbocycles. The molecule has 7 heteroatoms. The Bertz CT molecular complexity index is 831. The second kappa shape index (κ2) is 9.66. The number of benzene rings is 2. The lowest BCUT2D eigenvalue weighted by Gasteiger charge is -2.36. The number of hydrazone groups is 1. The van der Waals surface area contributed by atoms with Crippen molar-refractivity contribution in [2.24, 2.45) is 5.10 Å². The van der Waals surface area contributed by atoms with Crippen LogP contribution in [-0.4, -0.2) is 60.8 Å². The lowest BCUT2D eigenvalue weighted by molar-refractivity contribution is -0.121. The lowest BCUT2D eigenvalue weighted by atomic mass is 10.1. The zero-order chi connectivity index (χ0) is 19.8. The quantitative estimate of drug-likeness (QED) is 0.567. The SMILES string of the molecule is O=C(CCN1CCN(c2ccccc2)CC1)N/N=C/c1ccccc1C(=O)O. The number of rotatable bonds is 7. The van der Waals surface area contributed by atoms with Gasteiger partial charge in [-0.1, -0.05) is 36.4 Å². The van der Waals surface area contributed by atoms with Gasteiger partial charge >= 0.3 is 5.97 Å². The maximum absolute atomic E-state index is 12.0. The van der Waals surface area contributed by atoms with Gasteiger partial charge in [0.25, 0.3) is 0 Å². The van der Waals surface area contributed by atoms with Gasteiger partial charge in [-0.25, -0.2) is 10.2 Å². The summed E-state index contributed by atoms with van der Waals surface area (Å²) >= 11 is 0. The largest absolute Gasteiger partial charge is 0.478 e. The topological polar surface area (TPSA) is 85.2 Å². The highest BCUT2D eigenvalue weighted by Gasteiger charge is 2.17. The van der Waals surface area contributed by atoms with Crippen LogP contribution in [0.3, 0.4) is 0 Å². The predicted octanol–water partition coefficient (Wildman–Crippen LogP) is 2.05. The van der Waals surface area contributed by atoms with Crippen molar-refractivity contribution in [3.63, 3.8) is 0 Å². The third-order valence-corrected chi connectivity index (χ3v) is 4.73. The van der Waals surface area contributed by atoms with E-state index in [1.165, 1.54) is 18.0 Å². The highest BCUT2D eigenvalue weighted by atomic mass is 16.4. The van der Waals surface area contributed by atoms with Gasteiger partial charge in [0.1, 0.15) is 0 Å². The molecule has 28 heavy (non-hydrogen) atoms. The summed E-state index contributed by atoms with van der Waals surface area (Å²) < 4.78 is 0. The van der Waals surface area contributed by atoms with E-state index in [9.17, 15) is 9.59 Å². The van der Waals surface area contributed by atoms with E-state index in [1.807, 2.05) is 18.2 Å². The van der Waals surface area contributed by atoms with Crippen LogP contribution in [0.5, 0.6) is 0 Å². The minimum Gasteiger partial charge on any atom is -0.478 e. The molecule has 1 aliphatic heterocycles. The fraction of sp³-hybridized carbons (Fsp3) is 0.286. The molecule has 1 aliphatic rings. The lowest BCUT2D eigenvalue weighted by Crippen LogP contribution is -2.47. The Morgan fingerprint density at radius 1 is 1.00 bits per heavy atom. The number of nitrogens with one attached hydrogen (secondary N) is 1. The number of hydrogen-bond donors (Lipinski definition) is 2. The van der Waals surface area contributed by atoms with Crippen molar-refractivity contribution < 1.29 is 14.7 Å². The maximum atomic E-state index is 12.0. The summed E-state index contributed by atoms with van der Waals surface area (Å²) in [6, 6.07) is 16.9. The molecule has 2 aromatic carbocycles. The monoisotopic (exact) mass is 380 g/mol. The van der Waals surface area contributed by atoms with E-state index in [0.717, 1.165) is 26.2 Å². The third-order valence-electron chi connectivity index (χ3n) is 4.73. The van der Waals surface area contributed by atoms with Crippen molar-refractivity contribution in [3.05, 3.63) is 65.7 Å². The van der Waals surface area contributed by atoms with E-state index in [-0.39, 0.29) is 11.5 Å². The molecule has 1 heterocycles. The molecule has 2 N–H and O–H groups in total. The molecule has 0 spiro atoms. The minimum absolute atomic E-state index is 0.150. The normalized spacial score (nSPS) is 14.9. The molecule has 3 rings (SSSR count). The summed E-state index contributed by atoms with van der Waals surface area (Å²) in [5.74, 6) is -1.21. The summed E-state index contributed by atoms with van der Waals surface area (Å²) in [4.78, 5) is 27.8. The number of amides is 1. The fourth-order valence-electron chi connectivity index (χ4n) is 3.16. The van der Waals surface area contributed by atoms with Crippen LogP contribution in [0.2, 0.25) is 0 Å². The van der Waals surface area contributed by atoms with Gasteiger partial charge in [0, 0.05) is 50.4 Å². The highest BCUT2D eigenvalue weighted by Crippen LogP contribution is 2.15. The second-order valence-corrected chi connectivity index (χ2v) is 6.60. The number of carbonyl (C=O) groups excluding carboxylic acids is 1. The van der Waals surface area contributed by atoms with E-state index in [4.69, 9.17) is 5.11 Å². The van der Waals surface area contributed by atoms with E-state index in [1.54, 1.807) is 18.2 Å². The Hall–Kier alpha value is -3.19. The highest BCUT2D eigenvalue weighted by molar-refractivity contribution is 5.98. The number of nitrogens with zero attached hydrogens (tertiary/aromatic N) is 3. The molecule has 0 saturated carbocycles. The number of carboxylic acid groups (broad SMARTS) is 1. The summed E-state index contributed by atoms with van der Waals surface area (Å²) in [6.45, 7) is 4.38. The van der Waals surface area contributed by atoms with Crippen molar-refractivity contribution in [1.82, 2.24) is 10.3 Å². The summed E-state index contributed by atoms with van der Waals surface area (Å²) in [7, 11) is 0. The standard InChI is InChI=1S/C21H24N4O3/c26-20(23-22-16-17-6-4-5-9-19(17)21(27)28)10-11-24-12-14-25(15-13-24)18-7-2-1-3-8-18/h1-9,16H,10-15H2,(H,23,26)(H,27,28)/b22-16+. The molecular formula is C21H24N4O3. The molecule has 0 atom stereocenters. The van der Waals surface area contributed by atoms with Gasteiger partial charge in [-0.3, -0.25) is 9.69 Å². The first-order valence-electron chi connectivity index (χ1n) is 9.30. The maximum Gasteiger partial charge on any atom is 0.336 e.